The number of amides is 1. The van der Waals surface area contributed by atoms with Crippen LogP contribution in [0.25, 0.3) is 0 Å². The lowest BCUT2D eigenvalue weighted by Crippen LogP contribution is -3.15. The Morgan fingerprint density at radius 1 is 1.24 bits per heavy atom. The van der Waals surface area contributed by atoms with E-state index in [1.807, 2.05) is 23.1 Å². The molecular formula is C17H27N2O2+. The van der Waals surface area contributed by atoms with E-state index in [9.17, 15) is 4.79 Å². The van der Waals surface area contributed by atoms with Crippen molar-refractivity contribution < 1.29 is 14.8 Å². The van der Waals surface area contributed by atoms with Gasteiger partial charge in [0, 0.05) is 0 Å². The Kier molecular flexibility index (Phi) is 5.76. The molecule has 1 atom stereocenters. The standard InChI is InChI=1S/C17H26N2O2/c1-14(2)16(15-6-4-3-5-7-15)17(21)19-10-8-18(9-11-19)12-13-20/h3-7,14,16,20H,8-13H2,1-2H3/p+1/t16-/m1/s1. The second-order valence-electron chi connectivity index (χ2n) is 6.18. The molecule has 2 rings (SSSR count). The van der Waals surface area contributed by atoms with Gasteiger partial charge in [-0.3, -0.25) is 4.79 Å². The van der Waals surface area contributed by atoms with Gasteiger partial charge in [0.05, 0.1) is 38.7 Å². The maximum Gasteiger partial charge on any atom is 0.230 e. The molecule has 0 aromatic heterocycles. The summed E-state index contributed by atoms with van der Waals surface area (Å²) in [6.07, 6.45) is 0. The zero-order valence-electron chi connectivity index (χ0n) is 13.1. The van der Waals surface area contributed by atoms with Crippen molar-refractivity contribution in [2.45, 2.75) is 19.8 Å². The fourth-order valence-corrected chi connectivity index (χ4v) is 3.12. The SMILES string of the molecule is CC(C)[C@@H](C(=O)N1CC[NH+](CCO)CC1)c1ccccc1. The molecule has 1 aliphatic heterocycles. The average molecular weight is 291 g/mol. The van der Waals surface area contributed by atoms with Gasteiger partial charge < -0.3 is 14.9 Å². The Morgan fingerprint density at radius 3 is 2.38 bits per heavy atom. The zero-order chi connectivity index (χ0) is 15.2. The van der Waals surface area contributed by atoms with Gasteiger partial charge in [-0.05, 0) is 11.5 Å². The van der Waals surface area contributed by atoms with Crippen LogP contribution in [0.1, 0.15) is 25.3 Å². The summed E-state index contributed by atoms with van der Waals surface area (Å²) < 4.78 is 0. The van der Waals surface area contributed by atoms with E-state index in [0.29, 0.717) is 5.92 Å². The topological polar surface area (TPSA) is 45.0 Å². The minimum Gasteiger partial charge on any atom is -0.391 e. The first-order chi connectivity index (χ1) is 10.1. The van der Waals surface area contributed by atoms with Crippen LogP contribution in [0.4, 0.5) is 0 Å². The lowest BCUT2D eigenvalue weighted by molar-refractivity contribution is -0.904. The molecule has 116 valence electrons. The molecule has 0 aliphatic carbocycles. The molecule has 0 spiro atoms. The van der Waals surface area contributed by atoms with E-state index in [4.69, 9.17) is 5.11 Å². The number of nitrogens with one attached hydrogen (secondary N) is 1. The second kappa shape index (κ2) is 7.57. The van der Waals surface area contributed by atoms with Crippen LogP contribution in [-0.4, -0.2) is 55.2 Å². The van der Waals surface area contributed by atoms with Crippen molar-refractivity contribution in [1.82, 2.24) is 4.90 Å². The molecule has 1 amide bonds. The largest absolute Gasteiger partial charge is 0.391 e. The molecule has 1 heterocycles. The van der Waals surface area contributed by atoms with Gasteiger partial charge >= 0.3 is 0 Å². The molecule has 4 heteroatoms. The predicted octanol–water partition coefficient (Wildman–Crippen LogP) is 0.146. The lowest BCUT2D eigenvalue weighted by atomic mass is 9.87. The summed E-state index contributed by atoms with van der Waals surface area (Å²) in [4.78, 5) is 16.3. The molecule has 2 N–H and O–H groups in total. The molecule has 1 fully saturated rings. The summed E-state index contributed by atoms with van der Waals surface area (Å²) in [5.74, 6) is 0.493. The molecule has 0 unspecified atom stereocenters. The van der Waals surface area contributed by atoms with Crippen molar-refractivity contribution >= 4 is 5.91 Å². The molecule has 4 nitrogen and oxygen atoms in total. The van der Waals surface area contributed by atoms with Crippen molar-refractivity contribution in [3.63, 3.8) is 0 Å². The summed E-state index contributed by atoms with van der Waals surface area (Å²) in [6, 6.07) is 10.1. The number of carbonyl (C=O) groups is 1. The van der Waals surface area contributed by atoms with Crippen LogP contribution in [0, 0.1) is 5.92 Å². The number of hydrogen-bond acceptors (Lipinski definition) is 2. The number of aliphatic hydroxyl groups is 1. The number of hydrogen-bond donors (Lipinski definition) is 2. The van der Waals surface area contributed by atoms with E-state index in [1.165, 1.54) is 4.90 Å². The van der Waals surface area contributed by atoms with Crippen molar-refractivity contribution in [2.24, 2.45) is 5.92 Å². The number of rotatable bonds is 5. The predicted molar refractivity (Wildman–Crippen MR) is 83.3 cm³/mol. The van der Waals surface area contributed by atoms with E-state index < -0.39 is 0 Å². The maximum atomic E-state index is 12.9. The minimum atomic E-state index is -0.0504. The number of nitrogens with zero attached hydrogens (tertiary/aromatic N) is 1. The number of benzene rings is 1. The van der Waals surface area contributed by atoms with Crippen molar-refractivity contribution in [3.05, 3.63) is 35.9 Å². The van der Waals surface area contributed by atoms with Gasteiger partial charge in [-0.15, -0.1) is 0 Å². The summed E-state index contributed by atoms with van der Waals surface area (Å²) in [6.45, 7) is 8.70. The number of piperazine rings is 1. The molecular weight excluding hydrogens is 264 g/mol. The number of carbonyl (C=O) groups excluding carboxylic acids is 1. The van der Waals surface area contributed by atoms with Crippen molar-refractivity contribution in [1.29, 1.82) is 0 Å². The summed E-state index contributed by atoms with van der Waals surface area (Å²) in [5, 5.41) is 9.00. The van der Waals surface area contributed by atoms with E-state index in [1.54, 1.807) is 0 Å². The van der Waals surface area contributed by atoms with E-state index in [-0.39, 0.29) is 18.4 Å². The van der Waals surface area contributed by atoms with Crippen LogP contribution in [-0.2, 0) is 4.79 Å². The van der Waals surface area contributed by atoms with Gasteiger partial charge in [-0.2, -0.15) is 0 Å². The second-order valence-corrected chi connectivity index (χ2v) is 6.18. The van der Waals surface area contributed by atoms with E-state index in [0.717, 1.165) is 38.3 Å². The molecule has 0 radical (unpaired) electrons. The average Bonchev–Trinajstić information content (AvgIpc) is 2.49. The highest BCUT2D eigenvalue weighted by atomic mass is 16.3. The van der Waals surface area contributed by atoms with Gasteiger partial charge in [0.15, 0.2) is 0 Å². The van der Waals surface area contributed by atoms with Gasteiger partial charge in [0.2, 0.25) is 5.91 Å². The van der Waals surface area contributed by atoms with Crippen LogP contribution < -0.4 is 4.90 Å². The van der Waals surface area contributed by atoms with Crippen LogP contribution in [0.15, 0.2) is 30.3 Å². The van der Waals surface area contributed by atoms with Crippen molar-refractivity contribution in [3.8, 4) is 0 Å². The molecule has 1 aromatic carbocycles. The van der Waals surface area contributed by atoms with Crippen LogP contribution in [0.3, 0.4) is 0 Å². The van der Waals surface area contributed by atoms with Crippen LogP contribution >= 0.6 is 0 Å². The fraction of sp³-hybridized carbons (Fsp3) is 0.588. The van der Waals surface area contributed by atoms with Crippen LogP contribution in [0.2, 0.25) is 0 Å². The molecule has 1 aromatic rings. The number of quaternary nitrogens is 1. The van der Waals surface area contributed by atoms with Gasteiger partial charge in [0.25, 0.3) is 0 Å². The van der Waals surface area contributed by atoms with Crippen molar-refractivity contribution in [2.75, 3.05) is 39.3 Å². The molecule has 1 saturated heterocycles. The summed E-state index contributed by atoms with van der Waals surface area (Å²) >= 11 is 0. The van der Waals surface area contributed by atoms with Gasteiger partial charge in [0.1, 0.15) is 6.54 Å². The van der Waals surface area contributed by atoms with E-state index in [2.05, 4.69) is 26.0 Å². The first-order valence-electron chi connectivity index (χ1n) is 7.91. The van der Waals surface area contributed by atoms with Gasteiger partial charge in [-0.1, -0.05) is 44.2 Å². The highest BCUT2D eigenvalue weighted by molar-refractivity contribution is 5.84. The van der Waals surface area contributed by atoms with Gasteiger partial charge in [-0.25, -0.2) is 0 Å². The first kappa shape index (κ1) is 16.0. The highest BCUT2D eigenvalue weighted by Gasteiger charge is 2.31. The Labute approximate surface area is 127 Å². The fourth-order valence-electron chi connectivity index (χ4n) is 3.12. The maximum absolute atomic E-state index is 12.9. The Morgan fingerprint density at radius 2 is 1.86 bits per heavy atom. The molecule has 0 bridgehead atoms. The summed E-state index contributed by atoms with van der Waals surface area (Å²) in [7, 11) is 0. The van der Waals surface area contributed by atoms with Crippen LogP contribution in [0.5, 0.6) is 0 Å². The quantitative estimate of drug-likeness (QED) is 0.811. The van der Waals surface area contributed by atoms with E-state index >= 15 is 0 Å². The Balaban J connectivity index is 2.03. The minimum absolute atomic E-state index is 0.0504. The molecule has 0 saturated carbocycles. The first-order valence-corrected chi connectivity index (χ1v) is 7.91. The molecule has 1 aliphatic rings. The highest BCUT2D eigenvalue weighted by Crippen LogP contribution is 2.26. The third-order valence-electron chi connectivity index (χ3n) is 4.34. The normalized spacial score (nSPS) is 18.0. The zero-order valence-corrected chi connectivity index (χ0v) is 13.1. The Hall–Kier alpha value is -1.39. The smallest absolute Gasteiger partial charge is 0.230 e. The third-order valence-corrected chi connectivity index (χ3v) is 4.34. The monoisotopic (exact) mass is 291 g/mol. The molecule has 21 heavy (non-hydrogen) atoms. The summed E-state index contributed by atoms with van der Waals surface area (Å²) in [5.41, 5.74) is 1.11. The lowest BCUT2D eigenvalue weighted by Gasteiger charge is -2.35. The third kappa shape index (κ3) is 4.05. The number of aliphatic hydroxyl groups excluding tert-OH is 1. The Bertz CT molecular complexity index is 439.